The highest BCUT2D eigenvalue weighted by Gasteiger charge is 2.36. The standard InChI is InChI=1S/C27H35ClN4O5S3/c28-23-11-9-21(38-23)22-10-12-26(39-22)40(36,37)30-20-8-4-13-31(27(20)35)17-25(34)32-14-3-7-19(32)16-29-24(33)15-18-5-1-2-6-18/h9-12,18-20,30H,1-8,13-17H2,(H,29,33)/t19-,20-/m0/s1. The zero-order chi connectivity index (χ0) is 28.3. The molecule has 3 fully saturated rings. The fourth-order valence-corrected chi connectivity index (χ4v) is 9.59. The molecule has 2 aromatic rings. The first kappa shape index (κ1) is 29.5. The summed E-state index contributed by atoms with van der Waals surface area (Å²) in [6.45, 7) is 1.33. The number of hydrogen-bond acceptors (Lipinski definition) is 7. The molecule has 0 aromatic carbocycles. The maximum atomic E-state index is 13.2. The number of nitrogens with one attached hydrogen (secondary N) is 2. The van der Waals surface area contributed by atoms with Gasteiger partial charge >= 0.3 is 0 Å². The van der Waals surface area contributed by atoms with Gasteiger partial charge in [-0.3, -0.25) is 14.4 Å². The van der Waals surface area contributed by atoms with E-state index in [0.717, 1.165) is 46.8 Å². The van der Waals surface area contributed by atoms with Crippen molar-refractivity contribution in [3.05, 3.63) is 28.6 Å². The van der Waals surface area contributed by atoms with E-state index in [1.54, 1.807) is 17.0 Å². The smallest absolute Gasteiger partial charge is 0.250 e. The van der Waals surface area contributed by atoms with Gasteiger partial charge < -0.3 is 15.1 Å². The molecule has 1 saturated carbocycles. The Balaban J connectivity index is 1.14. The minimum Gasteiger partial charge on any atom is -0.354 e. The fraction of sp³-hybridized carbons (Fsp3) is 0.593. The van der Waals surface area contributed by atoms with E-state index in [2.05, 4.69) is 10.0 Å². The number of thiophene rings is 2. The largest absolute Gasteiger partial charge is 0.354 e. The molecule has 0 spiro atoms. The van der Waals surface area contributed by atoms with Crippen molar-refractivity contribution in [3.8, 4) is 9.75 Å². The minimum atomic E-state index is -3.92. The molecular formula is C27H35ClN4O5S3. The van der Waals surface area contributed by atoms with Gasteiger partial charge in [0.15, 0.2) is 0 Å². The van der Waals surface area contributed by atoms with Crippen LogP contribution in [0.5, 0.6) is 0 Å². The van der Waals surface area contributed by atoms with Crippen LogP contribution in [0.15, 0.2) is 28.5 Å². The molecule has 2 aromatic heterocycles. The summed E-state index contributed by atoms with van der Waals surface area (Å²) < 4.78 is 29.5. The third-order valence-corrected chi connectivity index (χ3v) is 12.5. The number of amides is 3. The van der Waals surface area contributed by atoms with E-state index in [0.29, 0.717) is 49.2 Å². The predicted molar refractivity (Wildman–Crippen MR) is 157 cm³/mol. The summed E-state index contributed by atoms with van der Waals surface area (Å²) in [6, 6.07) is 5.88. The lowest BCUT2D eigenvalue weighted by Gasteiger charge is -2.34. The monoisotopic (exact) mass is 626 g/mol. The number of nitrogens with zero attached hydrogens (tertiary/aromatic N) is 2. The summed E-state index contributed by atoms with van der Waals surface area (Å²) in [6.07, 6.45) is 7.80. The molecule has 5 rings (SSSR count). The van der Waals surface area contributed by atoms with Crippen LogP contribution < -0.4 is 10.0 Å². The van der Waals surface area contributed by atoms with E-state index in [1.807, 2.05) is 6.07 Å². The first-order valence-corrected chi connectivity index (χ1v) is 17.4. The van der Waals surface area contributed by atoms with Gasteiger partial charge in [0.05, 0.1) is 10.9 Å². The molecule has 218 valence electrons. The molecule has 40 heavy (non-hydrogen) atoms. The topological polar surface area (TPSA) is 116 Å². The van der Waals surface area contributed by atoms with E-state index in [4.69, 9.17) is 11.6 Å². The van der Waals surface area contributed by atoms with E-state index in [1.165, 1.54) is 35.1 Å². The molecule has 0 radical (unpaired) electrons. The Bertz CT molecular complexity index is 1340. The molecule has 3 aliphatic rings. The highest BCUT2D eigenvalue weighted by Crippen LogP contribution is 2.37. The summed E-state index contributed by atoms with van der Waals surface area (Å²) in [5.41, 5.74) is 0. The number of carbonyl (C=O) groups excluding carboxylic acids is 3. The van der Waals surface area contributed by atoms with Gasteiger partial charge in [0.25, 0.3) is 10.0 Å². The molecule has 2 N–H and O–H groups in total. The van der Waals surface area contributed by atoms with Crippen LogP contribution in [0.4, 0.5) is 0 Å². The molecule has 0 bridgehead atoms. The molecule has 0 unspecified atom stereocenters. The van der Waals surface area contributed by atoms with E-state index in [-0.39, 0.29) is 34.5 Å². The number of hydrogen-bond donors (Lipinski definition) is 2. The highest BCUT2D eigenvalue weighted by molar-refractivity contribution is 7.91. The van der Waals surface area contributed by atoms with Crippen molar-refractivity contribution in [2.75, 3.05) is 26.2 Å². The molecule has 2 aliphatic heterocycles. The predicted octanol–water partition coefficient (Wildman–Crippen LogP) is 4.09. The SMILES string of the molecule is O=C(CC1CCCC1)NC[C@@H]1CCCN1C(=O)CN1CCC[C@H](NS(=O)(=O)c2ccc(-c3ccc(Cl)s3)s2)C1=O. The Labute approximate surface area is 248 Å². The third kappa shape index (κ3) is 7.07. The van der Waals surface area contributed by atoms with Gasteiger partial charge in [-0.1, -0.05) is 24.4 Å². The summed E-state index contributed by atoms with van der Waals surface area (Å²) in [5.74, 6) is -0.0316. The van der Waals surface area contributed by atoms with Crippen LogP contribution in [0, 0.1) is 5.92 Å². The van der Waals surface area contributed by atoms with Crippen LogP contribution in [0.2, 0.25) is 4.34 Å². The zero-order valence-corrected chi connectivity index (χ0v) is 25.5. The summed E-state index contributed by atoms with van der Waals surface area (Å²) >= 11 is 8.51. The van der Waals surface area contributed by atoms with E-state index < -0.39 is 16.1 Å². The van der Waals surface area contributed by atoms with Crippen molar-refractivity contribution in [3.63, 3.8) is 0 Å². The number of piperidine rings is 1. The first-order valence-electron chi connectivity index (χ1n) is 13.9. The molecule has 2 atom stereocenters. The Kier molecular flexibility index (Phi) is 9.51. The van der Waals surface area contributed by atoms with Crippen molar-refractivity contribution < 1.29 is 22.8 Å². The average Bonchev–Trinajstić information content (AvgIpc) is 3.72. The normalized spacial score (nSPS) is 22.3. The maximum Gasteiger partial charge on any atom is 0.250 e. The number of carbonyl (C=O) groups is 3. The van der Waals surface area contributed by atoms with Gasteiger partial charge in [0.2, 0.25) is 17.7 Å². The third-order valence-electron chi connectivity index (χ3n) is 8.00. The van der Waals surface area contributed by atoms with Crippen molar-refractivity contribution >= 4 is 62.0 Å². The minimum absolute atomic E-state index is 0.0459. The number of halogens is 1. The molecular weight excluding hydrogens is 592 g/mol. The zero-order valence-electron chi connectivity index (χ0n) is 22.3. The van der Waals surface area contributed by atoms with Crippen molar-refractivity contribution in [1.82, 2.24) is 19.8 Å². The maximum absolute atomic E-state index is 13.2. The molecule has 2 saturated heterocycles. The van der Waals surface area contributed by atoms with Crippen molar-refractivity contribution in [2.24, 2.45) is 5.92 Å². The van der Waals surface area contributed by atoms with Gasteiger partial charge in [0.1, 0.15) is 10.3 Å². The van der Waals surface area contributed by atoms with E-state index in [9.17, 15) is 22.8 Å². The second kappa shape index (κ2) is 12.9. The van der Waals surface area contributed by atoms with Crippen LogP contribution in [0.1, 0.15) is 57.8 Å². The molecule has 4 heterocycles. The number of rotatable bonds is 10. The lowest BCUT2D eigenvalue weighted by atomic mass is 10.0. The Morgan fingerprint density at radius 3 is 2.42 bits per heavy atom. The molecule has 9 nitrogen and oxygen atoms in total. The Hall–Kier alpha value is -1.99. The lowest BCUT2D eigenvalue weighted by Crippen LogP contribution is -2.55. The molecule has 13 heteroatoms. The second-order valence-electron chi connectivity index (χ2n) is 10.8. The quantitative estimate of drug-likeness (QED) is 0.412. The highest BCUT2D eigenvalue weighted by atomic mass is 35.5. The molecule has 1 aliphatic carbocycles. The van der Waals surface area contributed by atoms with Crippen LogP contribution in [0.25, 0.3) is 9.75 Å². The van der Waals surface area contributed by atoms with E-state index >= 15 is 0 Å². The molecule has 3 amide bonds. The Morgan fingerprint density at radius 2 is 1.68 bits per heavy atom. The van der Waals surface area contributed by atoms with Crippen LogP contribution in [-0.4, -0.2) is 74.2 Å². The number of sulfonamides is 1. The van der Waals surface area contributed by atoms with Gasteiger partial charge in [-0.15, -0.1) is 22.7 Å². The van der Waals surface area contributed by atoms with Crippen molar-refractivity contribution in [2.45, 2.75) is 74.1 Å². The average molecular weight is 627 g/mol. The van der Waals surface area contributed by atoms with Crippen LogP contribution in [0.3, 0.4) is 0 Å². The first-order chi connectivity index (χ1) is 19.2. The Morgan fingerprint density at radius 1 is 0.950 bits per heavy atom. The second-order valence-corrected chi connectivity index (χ2v) is 15.6. The summed E-state index contributed by atoms with van der Waals surface area (Å²) in [7, 11) is -3.92. The summed E-state index contributed by atoms with van der Waals surface area (Å²) in [4.78, 5) is 43.7. The van der Waals surface area contributed by atoms with Gasteiger partial charge in [0, 0.05) is 41.9 Å². The lowest BCUT2D eigenvalue weighted by molar-refractivity contribution is -0.143. The van der Waals surface area contributed by atoms with Gasteiger partial charge in [-0.25, -0.2) is 8.42 Å². The fourth-order valence-electron chi connectivity index (χ4n) is 5.91. The van der Waals surface area contributed by atoms with Gasteiger partial charge in [-0.05, 0) is 68.7 Å². The summed E-state index contributed by atoms with van der Waals surface area (Å²) in [5, 5.41) is 3.02. The van der Waals surface area contributed by atoms with Crippen LogP contribution >= 0.6 is 34.3 Å². The number of likely N-dealkylation sites (tertiary alicyclic amines) is 2. The van der Waals surface area contributed by atoms with Crippen LogP contribution in [-0.2, 0) is 24.4 Å². The van der Waals surface area contributed by atoms with Gasteiger partial charge in [-0.2, -0.15) is 4.72 Å². The van der Waals surface area contributed by atoms with Crippen molar-refractivity contribution in [1.29, 1.82) is 0 Å².